The largest absolute Gasteiger partial charge is 0.381 e. The number of nitrogens with zero attached hydrogens (tertiary/aromatic N) is 2. The van der Waals surface area contributed by atoms with E-state index < -0.39 is 0 Å². The van der Waals surface area contributed by atoms with Crippen molar-refractivity contribution < 1.29 is 9.53 Å². The average molecular weight is 335 g/mol. The Hall–Kier alpha value is -1.12. The van der Waals surface area contributed by atoms with E-state index in [2.05, 4.69) is 16.3 Å². The standard InChI is InChI=1S/C19H33N3O2/c1-16(2)18(23)21-13-17-5-3-9-22(14-17)10-4-6-19(15-20)7-11-24-12-8-19/h16-17H,3-14H2,1-2H3,(H,21,23). The molecule has 1 atom stereocenters. The van der Waals surface area contributed by atoms with Crippen molar-refractivity contribution in [2.75, 3.05) is 39.4 Å². The molecule has 0 aromatic carbocycles. The number of nitriles is 1. The SMILES string of the molecule is CC(C)C(=O)NCC1CCCN(CCCC2(C#N)CCOCC2)C1. The van der Waals surface area contributed by atoms with E-state index in [1.54, 1.807) is 0 Å². The predicted octanol–water partition coefficient (Wildman–Crippen LogP) is 2.57. The number of hydrogen-bond donors (Lipinski definition) is 1. The van der Waals surface area contributed by atoms with Gasteiger partial charge in [0.1, 0.15) is 0 Å². The summed E-state index contributed by atoms with van der Waals surface area (Å²) in [7, 11) is 0. The molecule has 0 aliphatic carbocycles. The molecule has 2 aliphatic rings. The van der Waals surface area contributed by atoms with Gasteiger partial charge in [-0.05, 0) is 57.5 Å². The second-order valence-electron chi connectivity index (χ2n) is 7.82. The topological polar surface area (TPSA) is 65.4 Å². The monoisotopic (exact) mass is 335 g/mol. The Labute approximate surface area is 146 Å². The van der Waals surface area contributed by atoms with Crippen LogP contribution in [0.4, 0.5) is 0 Å². The van der Waals surface area contributed by atoms with E-state index >= 15 is 0 Å². The second kappa shape index (κ2) is 9.39. The summed E-state index contributed by atoms with van der Waals surface area (Å²) in [6.45, 7) is 9.42. The van der Waals surface area contributed by atoms with E-state index in [0.29, 0.717) is 5.92 Å². The zero-order valence-electron chi connectivity index (χ0n) is 15.4. The highest BCUT2D eigenvalue weighted by Gasteiger charge is 2.32. The molecule has 2 rings (SSSR count). The molecule has 2 aliphatic heterocycles. The minimum atomic E-state index is -0.154. The van der Waals surface area contributed by atoms with Gasteiger partial charge in [0.05, 0.1) is 11.5 Å². The molecule has 2 heterocycles. The Bertz CT molecular complexity index is 438. The molecule has 0 aromatic rings. The summed E-state index contributed by atoms with van der Waals surface area (Å²) >= 11 is 0. The fraction of sp³-hybridized carbons (Fsp3) is 0.895. The van der Waals surface area contributed by atoms with Gasteiger partial charge in [-0.2, -0.15) is 5.26 Å². The Balaban J connectivity index is 1.69. The third-order valence-corrected chi connectivity index (χ3v) is 5.51. The van der Waals surface area contributed by atoms with Gasteiger partial charge in [0.2, 0.25) is 5.91 Å². The maximum absolute atomic E-state index is 11.7. The maximum Gasteiger partial charge on any atom is 0.222 e. The van der Waals surface area contributed by atoms with Crippen molar-refractivity contribution in [2.24, 2.45) is 17.3 Å². The highest BCUT2D eigenvalue weighted by molar-refractivity contribution is 5.77. The number of ether oxygens (including phenoxy) is 1. The number of likely N-dealkylation sites (tertiary alicyclic amines) is 1. The van der Waals surface area contributed by atoms with Crippen molar-refractivity contribution >= 4 is 5.91 Å². The Morgan fingerprint density at radius 2 is 2.17 bits per heavy atom. The van der Waals surface area contributed by atoms with Crippen molar-refractivity contribution in [3.63, 3.8) is 0 Å². The number of rotatable bonds is 7. The molecule has 1 N–H and O–H groups in total. The van der Waals surface area contributed by atoms with Gasteiger partial charge in [-0.3, -0.25) is 4.79 Å². The van der Waals surface area contributed by atoms with Crippen LogP contribution >= 0.6 is 0 Å². The van der Waals surface area contributed by atoms with Crippen LogP contribution in [0.1, 0.15) is 52.4 Å². The van der Waals surface area contributed by atoms with Crippen molar-refractivity contribution in [3.05, 3.63) is 0 Å². The first-order chi connectivity index (χ1) is 11.5. The lowest BCUT2D eigenvalue weighted by atomic mass is 9.78. The van der Waals surface area contributed by atoms with Crippen molar-refractivity contribution in [1.29, 1.82) is 5.26 Å². The van der Waals surface area contributed by atoms with E-state index in [1.807, 2.05) is 13.8 Å². The quantitative estimate of drug-likeness (QED) is 0.776. The first-order valence-electron chi connectivity index (χ1n) is 9.54. The lowest BCUT2D eigenvalue weighted by Gasteiger charge is -2.35. The van der Waals surface area contributed by atoms with Crippen LogP contribution in [-0.4, -0.2) is 50.2 Å². The molecule has 1 unspecified atom stereocenters. The third-order valence-electron chi connectivity index (χ3n) is 5.51. The van der Waals surface area contributed by atoms with Crippen LogP contribution in [0.15, 0.2) is 0 Å². The Morgan fingerprint density at radius 3 is 2.83 bits per heavy atom. The molecule has 1 amide bonds. The number of carbonyl (C=O) groups is 1. The van der Waals surface area contributed by atoms with E-state index in [9.17, 15) is 10.1 Å². The molecule has 2 saturated heterocycles. The summed E-state index contributed by atoms with van der Waals surface area (Å²) in [6, 6.07) is 2.56. The average Bonchev–Trinajstić information content (AvgIpc) is 2.60. The summed E-state index contributed by atoms with van der Waals surface area (Å²) < 4.78 is 5.40. The number of hydrogen-bond acceptors (Lipinski definition) is 4. The molecular weight excluding hydrogens is 302 g/mol. The summed E-state index contributed by atoms with van der Waals surface area (Å²) in [6.07, 6.45) is 6.24. The van der Waals surface area contributed by atoms with Crippen LogP contribution in [0, 0.1) is 28.6 Å². The fourth-order valence-corrected chi connectivity index (χ4v) is 3.79. The molecule has 0 bridgehead atoms. The first-order valence-corrected chi connectivity index (χ1v) is 9.54. The summed E-state index contributed by atoms with van der Waals surface area (Å²) in [5.41, 5.74) is -0.154. The van der Waals surface area contributed by atoms with E-state index in [-0.39, 0.29) is 17.2 Å². The summed E-state index contributed by atoms with van der Waals surface area (Å²) in [5.74, 6) is 0.781. The van der Waals surface area contributed by atoms with Gasteiger partial charge in [-0.1, -0.05) is 13.8 Å². The highest BCUT2D eigenvalue weighted by atomic mass is 16.5. The minimum Gasteiger partial charge on any atom is -0.381 e. The van der Waals surface area contributed by atoms with Crippen LogP contribution in [-0.2, 0) is 9.53 Å². The predicted molar refractivity (Wildman–Crippen MR) is 94.3 cm³/mol. The smallest absolute Gasteiger partial charge is 0.222 e. The van der Waals surface area contributed by atoms with Gasteiger partial charge in [0, 0.05) is 32.2 Å². The van der Waals surface area contributed by atoms with Crippen molar-refractivity contribution in [2.45, 2.75) is 52.4 Å². The molecule has 0 saturated carbocycles. The zero-order chi connectivity index (χ0) is 17.4. The van der Waals surface area contributed by atoms with Gasteiger partial charge in [-0.25, -0.2) is 0 Å². The minimum absolute atomic E-state index is 0.0614. The van der Waals surface area contributed by atoms with Gasteiger partial charge in [0.15, 0.2) is 0 Å². The second-order valence-corrected chi connectivity index (χ2v) is 7.82. The normalized spacial score (nSPS) is 24.5. The zero-order valence-corrected chi connectivity index (χ0v) is 15.4. The number of amides is 1. The van der Waals surface area contributed by atoms with Crippen LogP contribution in [0.2, 0.25) is 0 Å². The Morgan fingerprint density at radius 1 is 1.42 bits per heavy atom. The first kappa shape index (κ1) is 19.2. The van der Waals surface area contributed by atoms with Crippen molar-refractivity contribution in [3.8, 4) is 6.07 Å². The molecule has 5 nitrogen and oxygen atoms in total. The number of piperidine rings is 1. The molecule has 0 spiro atoms. The van der Waals surface area contributed by atoms with E-state index in [0.717, 1.165) is 65.1 Å². The van der Waals surface area contributed by atoms with E-state index in [4.69, 9.17) is 4.74 Å². The highest BCUT2D eigenvalue weighted by Crippen LogP contribution is 2.34. The van der Waals surface area contributed by atoms with Gasteiger partial charge < -0.3 is 15.0 Å². The summed E-state index contributed by atoms with van der Waals surface area (Å²) in [4.78, 5) is 14.2. The van der Waals surface area contributed by atoms with Gasteiger partial charge in [0.25, 0.3) is 0 Å². The molecule has 24 heavy (non-hydrogen) atoms. The molecule has 2 fully saturated rings. The van der Waals surface area contributed by atoms with Gasteiger partial charge >= 0.3 is 0 Å². The van der Waals surface area contributed by atoms with Crippen LogP contribution < -0.4 is 5.32 Å². The molecule has 0 aromatic heterocycles. The number of nitrogens with one attached hydrogen (secondary N) is 1. The van der Waals surface area contributed by atoms with E-state index in [1.165, 1.54) is 12.8 Å². The van der Waals surface area contributed by atoms with Crippen LogP contribution in [0.5, 0.6) is 0 Å². The molecule has 136 valence electrons. The van der Waals surface area contributed by atoms with Crippen molar-refractivity contribution in [1.82, 2.24) is 10.2 Å². The number of carbonyl (C=O) groups excluding carboxylic acids is 1. The molecule has 0 radical (unpaired) electrons. The van der Waals surface area contributed by atoms with Crippen LogP contribution in [0.25, 0.3) is 0 Å². The lowest BCUT2D eigenvalue weighted by molar-refractivity contribution is -0.124. The lowest BCUT2D eigenvalue weighted by Crippen LogP contribution is -2.42. The molecule has 5 heteroatoms. The summed E-state index contributed by atoms with van der Waals surface area (Å²) in [5, 5.41) is 12.6. The Kier molecular flexibility index (Phi) is 7.51. The maximum atomic E-state index is 11.7. The fourth-order valence-electron chi connectivity index (χ4n) is 3.79. The van der Waals surface area contributed by atoms with Crippen LogP contribution in [0.3, 0.4) is 0 Å². The third kappa shape index (κ3) is 5.75. The molecular formula is C19H33N3O2. The van der Waals surface area contributed by atoms with Gasteiger partial charge in [-0.15, -0.1) is 0 Å².